The Kier molecular flexibility index (Phi) is 6.22. The first-order chi connectivity index (χ1) is 12.1. The van der Waals surface area contributed by atoms with Gasteiger partial charge in [-0.2, -0.15) is 4.72 Å². The maximum atomic E-state index is 13.4. The van der Waals surface area contributed by atoms with E-state index in [2.05, 4.69) is 10.0 Å². The average Bonchev–Trinajstić information content (AvgIpc) is 2.57. The van der Waals surface area contributed by atoms with Crippen LogP contribution >= 0.6 is 11.6 Å². The Morgan fingerprint density at radius 3 is 2.54 bits per heavy atom. The number of hydrogen-bond donors (Lipinski definition) is 2. The number of methoxy groups -OCH3 is 1. The zero-order valence-electron chi connectivity index (χ0n) is 14.3. The van der Waals surface area contributed by atoms with Crippen molar-refractivity contribution in [2.24, 2.45) is 0 Å². The fourth-order valence-corrected chi connectivity index (χ4v) is 3.70. The molecule has 2 aromatic rings. The van der Waals surface area contributed by atoms with Crippen LogP contribution in [0.25, 0.3) is 0 Å². The number of benzene rings is 2. The molecular formula is C17H18ClFN2O4S. The van der Waals surface area contributed by atoms with E-state index >= 15 is 0 Å². The Morgan fingerprint density at radius 1 is 1.23 bits per heavy atom. The minimum Gasteiger partial charge on any atom is -0.495 e. The molecule has 140 valence electrons. The molecular weight excluding hydrogens is 383 g/mol. The van der Waals surface area contributed by atoms with Crippen LogP contribution in [0, 0.1) is 12.7 Å². The molecule has 9 heteroatoms. The molecule has 26 heavy (non-hydrogen) atoms. The van der Waals surface area contributed by atoms with Gasteiger partial charge < -0.3 is 10.1 Å². The van der Waals surface area contributed by atoms with Gasteiger partial charge in [-0.25, -0.2) is 12.8 Å². The number of ether oxygens (including phenoxy) is 1. The van der Waals surface area contributed by atoms with Gasteiger partial charge in [0.2, 0.25) is 15.9 Å². The number of hydrogen-bond acceptors (Lipinski definition) is 4. The second-order valence-corrected chi connectivity index (χ2v) is 7.68. The van der Waals surface area contributed by atoms with Crippen molar-refractivity contribution < 1.29 is 22.3 Å². The summed E-state index contributed by atoms with van der Waals surface area (Å²) >= 11 is 6.00. The molecule has 2 N–H and O–H groups in total. The fraction of sp³-hybridized carbons (Fsp3) is 0.235. The summed E-state index contributed by atoms with van der Waals surface area (Å²) in [7, 11) is -2.91. The minimum atomic E-state index is -4.18. The number of sulfonamides is 1. The van der Waals surface area contributed by atoms with Gasteiger partial charge in [0, 0.05) is 10.7 Å². The molecule has 0 aromatic heterocycles. The van der Waals surface area contributed by atoms with Crippen LogP contribution < -0.4 is 14.8 Å². The fourth-order valence-electron chi connectivity index (χ4n) is 2.13. The monoisotopic (exact) mass is 400 g/mol. The molecule has 0 heterocycles. The summed E-state index contributed by atoms with van der Waals surface area (Å²) in [5, 5.41) is 3.04. The Bertz CT molecular complexity index is 934. The van der Waals surface area contributed by atoms with E-state index in [1.807, 2.05) is 6.92 Å². The van der Waals surface area contributed by atoms with Gasteiger partial charge in [-0.1, -0.05) is 17.7 Å². The number of halogens is 2. The highest BCUT2D eigenvalue weighted by Gasteiger charge is 2.25. The molecule has 6 nitrogen and oxygen atoms in total. The lowest BCUT2D eigenvalue weighted by Crippen LogP contribution is -2.41. The topological polar surface area (TPSA) is 84.5 Å². The third kappa shape index (κ3) is 4.72. The minimum absolute atomic E-state index is 0.0307. The van der Waals surface area contributed by atoms with Crippen LogP contribution in [0.2, 0.25) is 5.02 Å². The molecule has 0 bridgehead atoms. The Morgan fingerprint density at radius 2 is 1.92 bits per heavy atom. The molecule has 1 atom stereocenters. The van der Waals surface area contributed by atoms with E-state index in [4.69, 9.17) is 16.3 Å². The number of rotatable bonds is 6. The first-order valence-corrected chi connectivity index (χ1v) is 9.43. The summed E-state index contributed by atoms with van der Waals surface area (Å²) < 4.78 is 45.5. The predicted molar refractivity (Wildman–Crippen MR) is 97.6 cm³/mol. The molecule has 2 rings (SSSR count). The van der Waals surface area contributed by atoms with Crippen molar-refractivity contribution in [2.75, 3.05) is 12.4 Å². The van der Waals surface area contributed by atoms with Gasteiger partial charge in [-0.15, -0.1) is 0 Å². The standard InChI is InChI=1S/C17H18ClFN2O4S/c1-10-4-6-13(9-14(10)18)20-17(22)11(2)21-26(23,24)16-8-12(19)5-7-15(16)25-3/h4-9,11,21H,1-3H3,(H,20,22). The lowest BCUT2D eigenvalue weighted by Gasteiger charge is -2.16. The second-order valence-electron chi connectivity index (χ2n) is 5.59. The van der Waals surface area contributed by atoms with Crippen molar-refractivity contribution in [3.8, 4) is 5.75 Å². The van der Waals surface area contributed by atoms with Gasteiger partial charge in [0.25, 0.3) is 0 Å². The predicted octanol–water partition coefficient (Wildman–Crippen LogP) is 3.10. The number of nitrogens with one attached hydrogen (secondary N) is 2. The van der Waals surface area contributed by atoms with E-state index in [1.54, 1.807) is 18.2 Å². The number of aryl methyl sites for hydroxylation is 1. The maximum absolute atomic E-state index is 13.4. The largest absolute Gasteiger partial charge is 0.495 e. The quantitative estimate of drug-likeness (QED) is 0.780. The zero-order chi connectivity index (χ0) is 19.5. The van der Waals surface area contributed by atoms with Gasteiger partial charge >= 0.3 is 0 Å². The molecule has 0 aliphatic carbocycles. The summed E-state index contributed by atoms with van der Waals surface area (Å²) in [5.74, 6) is -1.36. The Labute approximate surface area is 156 Å². The van der Waals surface area contributed by atoms with Crippen molar-refractivity contribution in [2.45, 2.75) is 24.8 Å². The molecule has 0 radical (unpaired) electrons. The Hall–Kier alpha value is -2.16. The Balaban J connectivity index is 2.17. The second kappa shape index (κ2) is 8.03. The summed E-state index contributed by atoms with van der Waals surface area (Å²) in [6, 6.07) is 6.92. The van der Waals surface area contributed by atoms with Crippen LogP contribution in [0.5, 0.6) is 5.75 Å². The van der Waals surface area contributed by atoms with Gasteiger partial charge in [0.1, 0.15) is 16.5 Å². The molecule has 1 unspecified atom stereocenters. The molecule has 0 saturated heterocycles. The maximum Gasteiger partial charge on any atom is 0.245 e. The molecule has 0 aliphatic heterocycles. The van der Waals surface area contributed by atoms with Crippen LogP contribution in [0.15, 0.2) is 41.3 Å². The molecule has 0 aliphatic rings. The van der Waals surface area contributed by atoms with E-state index < -0.39 is 32.7 Å². The van der Waals surface area contributed by atoms with Crippen molar-refractivity contribution in [3.63, 3.8) is 0 Å². The highest BCUT2D eigenvalue weighted by molar-refractivity contribution is 7.89. The van der Waals surface area contributed by atoms with E-state index in [9.17, 15) is 17.6 Å². The highest BCUT2D eigenvalue weighted by Crippen LogP contribution is 2.25. The van der Waals surface area contributed by atoms with Crippen molar-refractivity contribution in [3.05, 3.63) is 52.8 Å². The average molecular weight is 401 g/mol. The SMILES string of the molecule is COc1ccc(F)cc1S(=O)(=O)NC(C)C(=O)Nc1ccc(C)c(Cl)c1. The van der Waals surface area contributed by atoms with Crippen LogP contribution in [0.4, 0.5) is 10.1 Å². The molecule has 0 fully saturated rings. The third-order valence-corrected chi connectivity index (χ3v) is 5.55. The highest BCUT2D eigenvalue weighted by atomic mass is 35.5. The number of carbonyl (C=O) groups excluding carboxylic acids is 1. The van der Waals surface area contributed by atoms with Crippen LogP contribution in [-0.4, -0.2) is 27.5 Å². The van der Waals surface area contributed by atoms with Crippen LogP contribution in [-0.2, 0) is 14.8 Å². The summed E-state index contributed by atoms with van der Waals surface area (Å²) in [6.45, 7) is 3.19. The van der Waals surface area contributed by atoms with E-state index in [1.165, 1.54) is 20.1 Å². The summed E-state index contributed by atoms with van der Waals surface area (Å²) in [5.41, 5.74) is 1.27. The lowest BCUT2D eigenvalue weighted by atomic mass is 10.2. The van der Waals surface area contributed by atoms with Crippen LogP contribution in [0.1, 0.15) is 12.5 Å². The van der Waals surface area contributed by atoms with Gasteiger partial charge in [0.15, 0.2) is 0 Å². The van der Waals surface area contributed by atoms with Gasteiger partial charge in [-0.3, -0.25) is 4.79 Å². The first-order valence-electron chi connectivity index (χ1n) is 7.57. The third-order valence-electron chi connectivity index (χ3n) is 3.58. The van der Waals surface area contributed by atoms with E-state index in [0.29, 0.717) is 10.7 Å². The number of anilines is 1. The molecule has 0 saturated carbocycles. The van der Waals surface area contributed by atoms with Crippen LogP contribution in [0.3, 0.4) is 0 Å². The molecule has 1 amide bonds. The molecule has 0 spiro atoms. The van der Waals surface area contributed by atoms with Gasteiger partial charge in [-0.05, 0) is 49.7 Å². The summed E-state index contributed by atoms with van der Waals surface area (Å²) in [6.07, 6.45) is 0. The van der Waals surface area contributed by atoms with E-state index in [0.717, 1.165) is 17.7 Å². The molecule has 2 aromatic carbocycles. The van der Waals surface area contributed by atoms with Gasteiger partial charge in [0.05, 0.1) is 13.2 Å². The van der Waals surface area contributed by atoms with E-state index in [-0.39, 0.29) is 5.75 Å². The van der Waals surface area contributed by atoms with Crippen molar-refractivity contribution in [1.82, 2.24) is 4.72 Å². The number of carbonyl (C=O) groups is 1. The summed E-state index contributed by atoms with van der Waals surface area (Å²) in [4.78, 5) is 11.9. The number of amides is 1. The zero-order valence-corrected chi connectivity index (χ0v) is 15.9. The normalized spacial score (nSPS) is 12.5. The smallest absolute Gasteiger partial charge is 0.245 e. The first kappa shape index (κ1) is 20.2. The van der Waals surface area contributed by atoms with Crippen molar-refractivity contribution in [1.29, 1.82) is 0 Å². The lowest BCUT2D eigenvalue weighted by molar-refractivity contribution is -0.117. The van der Waals surface area contributed by atoms with Crippen molar-refractivity contribution >= 4 is 33.2 Å².